The third-order valence-electron chi connectivity index (χ3n) is 6.94. The number of hydrogen-bond donors (Lipinski definition) is 3. The Morgan fingerprint density at radius 2 is 1.93 bits per heavy atom. The molecule has 3 heterocycles. The summed E-state index contributed by atoms with van der Waals surface area (Å²) >= 11 is 0. The van der Waals surface area contributed by atoms with Crippen molar-refractivity contribution in [1.29, 1.82) is 0 Å². The van der Waals surface area contributed by atoms with Crippen molar-refractivity contribution in [1.82, 2.24) is 24.6 Å². The van der Waals surface area contributed by atoms with Crippen molar-refractivity contribution < 1.29 is 37.4 Å². The van der Waals surface area contributed by atoms with E-state index in [-0.39, 0.29) is 35.6 Å². The Morgan fingerprint density at radius 3 is 2.60 bits per heavy atom. The molecular weight excluding hydrogens is 606 g/mol. The first-order valence-electron chi connectivity index (χ1n) is 14.0. The molecule has 2 aromatic carbocycles. The molecule has 1 aliphatic heterocycles. The Labute approximate surface area is 258 Å². The molecule has 1 saturated heterocycles. The van der Waals surface area contributed by atoms with Gasteiger partial charge in [-0.3, -0.25) is 13.9 Å². The second-order valence-corrected chi connectivity index (χ2v) is 12.3. The molecule has 0 aliphatic carbocycles. The van der Waals surface area contributed by atoms with E-state index >= 15 is 0 Å². The van der Waals surface area contributed by atoms with Crippen LogP contribution in [0.25, 0.3) is 11.2 Å². The summed E-state index contributed by atoms with van der Waals surface area (Å²) in [5, 5.41) is 13.8. The van der Waals surface area contributed by atoms with Gasteiger partial charge in [0.05, 0.1) is 12.4 Å². The zero-order valence-electron chi connectivity index (χ0n) is 24.4. The minimum atomic E-state index is -4.44. The lowest BCUT2D eigenvalue weighted by molar-refractivity contribution is -0.149. The number of para-hydroxylation sites is 1. The van der Waals surface area contributed by atoms with E-state index in [0.29, 0.717) is 0 Å². The molecule has 15 heteroatoms. The number of anilines is 1. The first kappa shape index (κ1) is 32.0. The predicted octanol–water partition coefficient (Wildman–Crippen LogP) is 3.56. The number of nitrogens with one attached hydrogen (secondary N) is 1. The van der Waals surface area contributed by atoms with Gasteiger partial charge in [-0.15, -0.1) is 6.42 Å². The number of hydrogen-bond acceptors (Lipinski definition) is 11. The van der Waals surface area contributed by atoms with Crippen LogP contribution in [-0.2, 0) is 29.8 Å². The van der Waals surface area contributed by atoms with E-state index < -0.39 is 56.5 Å². The van der Waals surface area contributed by atoms with Crippen molar-refractivity contribution >= 4 is 30.7 Å². The second-order valence-electron chi connectivity index (χ2n) is 10.6. The molecule has 2 aromatic heterocycles. The van der Waals surface area contributed by atoms with Crippen LogP contribution in [0, 0.1) is 18.4 Å². The summed E-state index contributed by atoms with van der Waals surface area (Å²) in [5.41, 5.74) is 4.85. The van der Waals surface area contributed by atoms with Crippen LogP contribution in [0.1, 0.15) is 32.1 Å². The van der Waals surface area contributed by atoms with Gasteiger partial charge in [0.15, 0.2) is 22.6 Å². The number of terminal acetylenes is 1. The van der Waals surface area contributed by atoms with Crippen LogP contribution in [0.4, 0.5) is 10.2 Å². The number of aliphatic hydroxyl groups excluding tert-OH is 1. The minimum absolute atomic E-state index is 0.0260. The lowest BCUT2D eigenvalue weighted by Gasteiger charge is -2.30. The summed E-state index contributed by atoms with van der Waals surface area (Å²) in [5.74, 6) is 1.73. The smallest absolute Gasteiger partial charge is 0.459 e. The van der Waals surface area contributed by atoms with Crippen molar-refractivity contribution in [2.75, 3.05) is 12.3 Å². The summed E-state index contributed by atoms with van der Waals surface area (Å²) in [7, 11) is -4.44. The van der Waals surface area contributed by atoms with Gasteiger partial charge >= 0.3 is 19.8 Å². The molecule has 1 unspecified atom stereocenters. The quantitative estimate of drug-likeness (QED) is 0.0893. The van der Waals surface area contributed by atoms with Gasteiger partial charge in [0.25, 0.3) is 0 Å². The number of nitrogens with two attached hydrogens (primary N) is 1. The summed E-state index contributed by atoms with van der Waals surface area (Å²) in [6.07, 6.45) is 3.32. The summed E-state index contributed by atoms with van der Waals surface area (Å²) in [6, 6.07) is 16.1. The van der Waals surface area contributed by atoms with E-state index in [0.717, 1.165) is 5.56 Å². The number of halogens is 1. The van der Waals surface area contributed by atoms with Gasteiger partial charge < -0.3 is 24.8 Å². The number of rotatable bonds is 12. The molecule has 0 spiro atoms. The highest BCUT2D eigenvalue weighted by atomic mass is 31.2. The van der Waals surface area contributed by atoms with Crippen LogP contribution >= 0.6 is 7.75 Å². The molecule has 1 fully saturated rings. The van der Waals surface area contributed by atoms with Crippen LogP contribution in [0.15, 0.2) is 67.0 Å². The molecule has 4 N–H and O–H groups in total. The van der Waals surface area contributed by atoms with Gasteiger partial charge in [-0.25, -0.2) is 9.55 Å². The van der Waals surface area contributed by atoms with Crippen LogP contribution in [0.2, 0.25) is 0 Å². The number of esters is 1. The fraction of sp³-hybridized carbons (Fsp3) is 0.333. The number of fused-ring (bicyclic) bond motifs is 1. The van der Waals surface area contributed by atoms with Crippen LogP contribution in [0.3, 0.4) is 0 Å². The highest BCUT2D eigenvalue weighted by Gasteiger charge is 2.50. The van der Waals surface area contributed by atoms with E-state index in [1.165, 1.54) is 10.9 Å². The Kier molecular flexibility index (Phi) is 9.48. The van der Waals surface area contributed by atoms with Crippen molar-refractivity contribution in [3.63, 3.8) is 0 Å². The fourth-order valence-electron chi connectivity index (χ4n) is 4.77. The van der Waals surface area contributed by atoms with Crippen molar-refractivity contribution in [3.05, 3.63) is 78.6 Å². The van der Waals surface area contributed by atoms with Crippen LogP contribution in [-0.4, -0.2) is 61.1 Å². The molecule has 0 bridgehead atoms. The molecule has 236 valence electrons. The number of carbonyl (C=O) groups is 1. The Morgan fingerprint density at radius 1 is 1.24 bits per heavy atom. The largest absolute Gasteiger partial charge is 0.462 e. The van der Waals surface area contributed by atoms with E-state index in [4.69, 9.17) is 30.7 Å². The summed E-state index contributed by atoms with van der Waals surface area (Å²) in [4.78, 5) is 24.5. The average Bonchev–Trinajstić information content (AvgIpc) is 3.57. The molecule has 5 rings (SSSR count). The number of benzene rings is 2. The molecule has 4 aromatic rings. The highest BCUT2D eigenvalue weighted by Crippen LogP contribution is 2.48. The Balaban J connectivity index is 1.42. The van der Waals surface area contributed by atoms with Crippen LogP contribution < -0.4 is 15.3 Å². The zero-order valence-corrected chi connectivity index (χ0v) is 25.3. The minimum Gasteiger partial charge on any atom is -0.462 e. The van der Waals surface area contributed by atoms with Crippen LogP contribution in [0.5, 0.6) is 5.75 Å². The standard InChI is InChI=1S/C30H32FN6O7P/c1-4-30(23(38)16-24(43-30)37-18-33-25-26(32)34-29(31)35-27(25)37)17-41-45(40,44-21-13-9-6-10-14-21)36-22(28(39)42-19(2)3)15-20-11-7-5-8-12-20/h1,5-14,18-19,22-24,38H,15-17H2,2-3H3,(H,36,40)(H2,32,34,35)/t22-,23-,24+,30+,45?/m0/s1. The van der Waals surface area contributed by atoms with Gasteiger partial charge in [-0.2, -0.15) is 19.4 Å². The van der Waals surface area contributed by atoms with Gasteiger partial charge in [0.2, 0.25) is 0 Å². The summed E-state index contributed by atoms with van der Waals surface area (Å²) in [6.45, 7) is 2.75. The SMILES string of the molecule is C#C[C@]1(COP(=O)(N[C@@H](Cc2ccccc2)C(=O)OC(C)C)Oc2ccccc2)O[C@@H](n2cnc3c(N)nc(F)nc32)C[C@@H]1O. The van der Waals surface area contributed by atoms with E-state index in [1.54, 1.807) is 56.3 Å². The van der Waals surface area contributed by atoms with E-state index in [1.807, 2.05) is 18.2 Å². The fourth-order valence-corrected chi connectivity index (χ4v) is 6.29. The number of imidazole rings is 1. The monoisotopic (exact) mass is 638 g/mol. The average molecular weight is 639 g/mol. The number of nitrogen functional groups attached to an aromatic ring is 1. The molecule has 45 heavy (non-hydrogen) atoms. The zero-order chi connectivity index (χ0) is 32.2. The number of aromatic nitrogens is 4. The topological polar surface area (TPSA) is 173 Å². The molecule has 0 saturated carbocycles. The lowest BCUT2D eigenvalue weighted by atomic mass is 9.99. The van der Waals surface area contributed by atoms with Gasteiger partial charge in [0.1, 0.15) is 30.7 Å². The molecule has 13 nitrogen and oxygen atoms in total. The maximum absolute atomic E-state index is 14.4. The first-order valence-corrected chi connectivity index (χ1v) is 15.6. The van der Waals surface area contributed by atoms with E-state index in [9.17, 15) is 18.9 Å². The number of carbonyl (C=O) groups excluding carboxylic acids is 1. The van der Waals surface area contributed by atoms with Crippen molar-refractivity contribution in [2.45, 2.75) is 56.8 Å². The second kappa shape index (κ2) is 13.3. The Bertz CT molecular complexity index is 1740. The third kappa shape index (κ3) is 7.30. The maximum atomic E-state index is 14.4. The third-order valence-corrected chi connectivity index (χ3v) is 8.48. The predicted molar refractivity (Wildman–Crippen MR) is 161 cm³/mol. The first-order chi connectivity index (χ1) is 21.5. The van der Waals surface area contributed by atoms with Gasteiger partial charge in [-0.1, -0.05) is 54.5 Å². The molecule has 1 aliphatic rings. The molecule has 0 amide bonds. The molecular formula is C30H32FN6O7P. The number of aliphatic hydroxyl groups is 1. The number of nitrogens with zero attached hydrogens (tertiary/aromatic N) is 4. The van der Waals surface area contributed by atoms with Crippen molar-refractivity contribution in [2.24, 2.45) is 0 Å². The highest BCUT2D eigenvalue weighted by molar-refractivity contribution is 7.52. The maximum Gasteiger partial charge on any atom is 0.459 e. The van der Waals surface area contributed by atoms with Gasteiger partial charge in [-0.05, 0) is 38.0 Å². The normalized spacial score (nSPS) is 21.7. The molecule has 5 atom stereocenters. The summed E-state index contributed by atoms with van der Waals surface area (Å²) < 4.78 is 52.9. The molecule has 0 radical (unpaired) electrons. The van der Waals surface area contributed by atoms with Crippen molar-refractivity contribution in [3.8, 4) is 18.1 Å². The Hall–Kier alpha value is -4.38. The van der Waals surface area contributed by atoms with Gasteiger partial charge in [0, 0.05) is 6.42 Å². The lowest BCUT2D eigenvalue weighted by Crippen LogP contribution is -2.44. The number of ether oxygens (including phenoxy) is 2. The van der Waals surface area contributed by atoms with E-state index in [2.05, 4.69) is 26.0 Å².